The molecule has 3 rings (SSSR count). The van der Waals surface area contributed by atoms with E-state index in [9.17, 15) is 4.79 Å². The number of piperazine rings is 1. The molecule has 2 heterocycles. The smallest absolute Gasteiger partial charge is 0.289 e. The maximum absolute atomic E-state index is 12.7. The molecule has 2 unspecified atom stereocenters. The fraction of sp³-hybridized carbons (Fsp3) is 0.353. The molecule has 1 aliphatic heterocycles. The van der Waals surface area contributed by atoms with Gasteiger partial charge in [-0.05, 0) is 38.1 Å². The summed E-state index contributed by atoms with van der Waals surface area (Å²) in [5.41, 5.74) is 0.796. The Bertz CT molecular complexity index is 683. The quantitative estimate of drug-likeness (QED) is 0.922. The molecule has 4 nitrogen and oxygen atoms in total. The number of halogens is 1. The zero-order valence-electron chi connectivity index (χ0n) is 12.7. The van der Waals surface area contributed by atoms with Crippen LogP contribution in [0.2, 0.25) is 5.02 Å². The largest absolute Gasteiger partial charge is 0.451 e. The molecule has 1 aromatic carbocycles. The van der Waals surface area contributed by atoms with Gasteiger partial charge < -0.3 is 14.6 Å². The summed E-state index contributed by atoms with van der Waals surface area (Å²) in [6.45, 7) is 5.62. The lowest BCUT2D eigenvalue weighted by Gasteiger charge is -2.38. The first-order valence-electron chi connectivity index (χ1n) is 7.47. The predicted octanol–water partition coefficient (Wildman–Crippen LogP) is 3.42. The Balaban J connectivity index is 1.85. The van der Waals surface area contributed by atoms with Crippen LogP contribution >= 0.6 is 11.6 Å². The highest BCUT2D eigenvalue weighted by Gasteiger charge is 2.30. The first kappa shape index (κ1) is 15.1. The van der Waals surface area contributed by atoms with Gasteiger partial charge in [0.1, 0.15) is 5.76 Å². The molecule has 116 valence electrons. The second-order valence-corrected chi connectivity index (χ2v) is 6.03. The van der Waals surface area contributed by atoms with Gasteiger partial charge in [-0.15, -0.1) is 0 Å². The van der Waals surface area contributed by atoms with Gasteiger partial charge in [0.05, 0.1) is 5.02 Å². The summed E-state index contributed by atoms with van der Waals surface area (Å²) in [6, 6.07) is 11.4. The minimum atomic E-state index is -0.0702. The van der Waals surface area contributed by atoms with Crippen molar-refractivity contribution in [2.45, 2.75) is 25.9 Å². The van der Waals surface area contributed by atoms with Crippen LogP contribution in [0.25, 0.3) is 11.3 Å². The molecule has 1 saturated heterocycles. The van der Waals surface area contributed by atoms with E-state index in [4.69, 9.17) is 16.0 Å². The topological polar surface area (TPSA) is 45.5 Å². The van der Waals surface area contributed by atoms with Crippen molar-refractivity contribution in [2.24, 2.45) is 0 Å². The second kappa shape index (κ2) is 6.15. The summed E-state index contributed by atoms with van der Waals surface area (Å²) in [5, 5.41) is 3.98. The molecule has 5 heteroatoms. The summed E-state index contributed by atoms with van der Waals surface area (Å²) in [4.78, 5) is 14.5. The van der Waals surface area contributed by atoms with Gasteiger partial charge >= 0.3 is 0 Å². The van der Waals surface area contributed by atoms with Crippen molar-refractivity contribution in [3.8, 4) is 11.3 Å². The number of nitrogens with one attached hydrogen (secondary N) is 1. The first-order valence-corrected chi connectivity index (χ1v) is 7.85. The molecule has 22 heavy (non-hydrogen) atoms. The fourth-order valence-electron chi connectivity index (χ4n) is 2.74. The van der Waals surface area contributed by atoms with Gasteiger partial charge in [0, 0.05) is 30.7 Å². The highest BCUT2D eigenvalue weighted by Crippen LogP contribution is 2.29. The monoisotopic (exact) mass is 318 g/mol. The number of carbonyl (C=O) groups excluding carboxylic acids is 1. The minimum absolute atomic E-state index is 0.0702. The summed E-state index contributed by atoms with van der Waals surface area (Å²) in [5.74, 6) is 0.903. The lowest BCUT2D eigenvalue weighted by Crippen LogP contribution is -2.57. The van der Waals surface area contributed by atoms with Crippen LogP contribution in [-0.2, 0) is 0 Å². The van der Waals surface area contributed by atoms with E-state index in [2.05, 4.69) is 12.2 Å². The van der Waals surface area contributed by atoms with E-state index in [-0.39, 0.29) is 18.0 Å². The summed E-state index contributed by atoms with van der Waals surface area (Å²) < 4.78 is 5.75. The van der Waals surface area contributed by atoms with Crippen molar-refractivity contribution in [1.29, 1.82) is 0 Å². The third-order valence-electron chi connectivity index (χ3n) is 4.25. The third-order valence-corrected chi connectivity index (χ3v) is 4.58. The molecule has 0 saturated carbocycles. The summed E-state index contributed by atoms with van der Waals surface area (Å²) in [7, 11) is 0. The van der Waals surface area contributed by atoms with Gasteiger partial charge in [0.25, 0.3) is 5.91 Å². The van der Waals surface area contributed by atoms with Gasteiger partial charge in [-0.1, -0.05) is 23.7 Å². The first-order chi connectivity index (χ1) is 10.6. The molecule has 1 aliphatic rings. The molecular formula is C17H19ClN2O2. The zero-order chi connectivity index (χ0) is 15.7. The maximum atomic E-state index is 12.7. The molecule has 1 fully saturated rings. The molecule has 1 amide bonds. The fourth-order valence-corrected chi connectivity index (χ4v) is 2.97. The maximum Gasteiger partial charge on any atom is 0.289 e. The van der Waals surface area contributed by atoms with E-state index in [1.165, 1.54) is 0 Å². The van der Waals surface area contributed by atoms with Crippen LogP contribution in [-0.4, -0.2) is 36.0 Å². The normalized spacial score (nSPS) is 21.9. The lowest BCUT2D eigenvalue weighted by molar-refractivity contribution is 0.0571. The van der Waals surface area contributed by atoms with Crippen LogP contribution in [0.15, 0.2) is 40.8 Å². The van der Waals surface area contributed by atoms with Gasteiger partial charge in [-0.25, -0.2) is 0 Å². The number of hydrogen-bond donors (Lipinski definition) is 1. The highest BCUT2D eigenvalue weighted by molar-refractivity contribution is 6.33. The van der Waals surface area contributed by atoms with Crippen molar-refractivity contribution in [1.82, 2.24) is 10.2 Å². The van der Waals surface area contributed by atoms with Gasteiger partial charge in [-0.3, -0.25) is 4.79 Å². The number of amides is 1. The van der Waals surface area contributed by atoms with Crippen molar-refractivity contribution < 1.29 is 9.21 Å². The average molecular weight is 319 g/mol. The Labute approximate surface area is 135 Å². The van der Waals surface area contributed by atoms with Crippen LogP contribution in [0.5, 0.6) is 0 Å². The van der Waals surface area contributed by atoms with Crippen molar-refractivity contribution in [2.75, 3.05) is 13.1 Å². The highest BCUT2D eigenvalue weighted by atomic mass is 35.5. The van der Waals surface area contributed by atoms with Crippen LogP contribution in [0, 0.1) is 0 Å². The Kier molecular flexibility index (Phi) is 4.23. The molecule has 1 N–H and O–H groups in total. The van der Waals surface area contributed by atoms with Crippen molar-refractivity contribution in [3.63, 3.8) is 0 Å². The Hall–Kier alpha value is -1.78. The molecule has 1 aromatic heterocycles. The van der Waals surface area contributed by atoms with Gasteiger partial charge in [0.2, 0.25) is 0 Å². The van der Waals surface area contributed by atoms with E-state index >= 15 is 0 Å². The van der Waals surface area contributed by atoms with Crippen LogP contribution in [0.4, 0.5) is 0 Å². The Morgan fingerprint density at radius 2 is 2.05 bits per heavy atom. The van der Waals surface area contributed by atoms with Crippen LogP contribution < -0.4 is 5.32 Å². The van der Waals surface area contributed by atoms with E-state index in [0.717, 1.165) is 12.1 Å². The molecule has 2 atom stereocenters. The molecule has 0 bridgehead atoms. The SMILES string of the molecule is CC1NCCN(C(=O)c2ccc(-c3ccccc3Cl)o2)C1C. The van der Waals surface area contributed by atoms with Crippen LogP contribution in [0.1, 0.15) is 24.4 Å². The van der Waals surface area contributed by atoms with Crippen molar-refractivity contribution in [3.05, 3.63) is 47.2 Å². The zero-order valence-corrected chi connectivity index (χ0v) is 13.4. The molecule has 0 spiro atoms. The molecular weight excluding hydrogens is 300 g/mol. The standard InChI is InChI=1S/C17H19ClN2O2/c1-11-12(2)20(10-9-19-11)17(21)16-8-7-15(22-16)13-5-3-4-6-14(13)18/h3-8,11-12,19H,9-10H2,1-2H3. The van der Waals surface area contributed by atoms with E-state index in [0.29, 0.717) is 23.1 Å². The average Bonchev–Trinajstić information content (AvgIpc) is 2.99. The molecule has 0 aliphatic carbocycles. The lowest BCUT2D eigenvalue weighted by atomic mass is 10.1. The molecule has 0 radical (unpaired) electrons. The summed E-state index contributed by atoms with van der Waals surface area (Å²) in [6.07, 6.45) is 0. The third kappa shape index (κ3) is 2.76. The van der Waals surface area contributed by atoms with Gasteiger partial charge in [-0.2, -0.15) is 0 Å². The Morgan fingerprint density at radius 1 is 1.27 bits per heavy atom. The summed E-state index contributed by atoms with van der Waals surface area (Å²) >= 11 is 6.17. The Morgan fingerprint density at radius 3 is 2.82 bits per heavy atom. The second-order valence-electron chi connectivity index (χ2n) is 5.63. The van der Waals surface area contributed by atoms with Gasteiger partial charge in [0.15, 0.2) is 5.76 Å². The number of benzene rings is 1. The number of rotatable bonds is 2. The van der Waals surface area contributed by atoms with Crippen LogP contribution in [0.3, 0.4) is 0 Å². The molecule has 2 aromatic rings. The minimum Gasteiger partial charge on any atom is -0.451 e. The number of hydrogen-bond acceptors (Lipinski definition) is 3. The van der Waals surface area contributed by atoms with E-state index < -0.39 is 0 Å². The van der Waals surface area contributed by atoms with Crippen molar-refractivity contribution >= 4 is 17.5 Å². The predicted molar refractivity (Wildman–Crippen MR) is 87.1 cm³/mol. The number of carbonyl (C=O) groups is 1. The number of furan rings is 1. The number of nitrogens with zero attached hydrogens (tertiary/aromatic N) is 1. The van der Waals surface area contributed by atoms with E-state index in [1.807, 2.05) is 30.0 Å². The van der Waals surface area contributed by atoms with E-state index in [1.54, 1.807) is 18.2 Å².